The summed E-state index contributed by atoms with van der Waals surface area (Å²) in [6, 6.07) is 0.528. The molecular weight excluding hydrogens is 164 g/mol. The van der Waals surface area contributed by atoms with Gasteiger partial charge in [-0.2, -0.15) is 0 Å². The van der Waals surface area contributed by atoms with Gasteiger partial charge in [-0.05, 0) is 20.4 Å². The van der Waals surface area contributed by atoms with Crippen LogP contribution in [0, 0.1) is 0 Å². The van der Waals surface area contributed by atoms with Gasteiger partial charge in [0.25, 0.3) is 0 Å². The third kappa shape index (κ3) is 4.88. The van der Waals surface area contributed by atoms with E-state index < -0.39 is 0 Å². The van der Waals surface area contributed by atoms with Crippen molar-refractivity contribution in [1.82, 2.24) is 9.80 Å². The van der Waals surface area contributed by atoms with Crippen LogP contribution >= 0.6 is 0 Å². The van der Waals surface area contributed by atoms with Crippen molar-refractivity contribution in [3.05, 3.63) is 0 Å². The first-order valence-corrected chi connectivity index (χ1v) is 4.93. The molecule has 0 saturated heterocycles. The van der Waals surface area contributed by atoms with E-state index in [0.29, 0.717) is 12.5 Å². The van der Waals surface area contributed by atoms with E-state index in [2.05, 4.69) is 25.7 Å². The quantitative estimate of drug-likeness (QED) is 0.644. The van der Waals surface area contributed by atoms with Crippen molar-refractivity contribution in [2.24, 2.45) is 0 Å². The van der Waals surface area contributed by atoms with E-state index in [1.165, 1.54) is 0 Å². The molecule has 0 radical (unpaired) electrons. The number of amides is 1. The van der Waals surface area contributed by atoms with Crippen LogP contribution in [0.15, 0.2) is 0 Å². The number of rotatable bonds is 5. The second kappa shape index (κ2) is 5.97. The lowest BCUT2D eigenvalue weighted by Crippen LogP contribution is -2.34. The highest BCUT2D eigenvalue weighted by Crippen LogP contribution is 1.99. The average Bonchev–Trinajstić information content (AvgIpc) is 2.04. The molecule has 0 fully saturated rings. The van der Waals surface area contributed by atoms with Crippen LogP contribution in [0.2, 0.25) is 0 Å². The van der Waals surface area contributed by atoms with Gasteiger partial charge in [-0.1, -0.05) is 6.92 Å². The number of hydrogen-bond acceptors (Lipinski definition) is 2. The summed E-state index contributed by atoms with van der Waals surface area (Å²) in [7, 11) is 3.60. The molecule has 1 amide bonds. The van der Waals surface area contributed by atoms with E-state index >= 15 is 0 Å². The summed E-state index contributed by atoms with van der Waals surface area (Å²) in [5.74, 6) is 0.208. The molecule has 0 atom stereocenters. The van der Waals surface area contributed by atoms with Gasteiger partial charge in [-0.25, -0.2) is 0 Å². The Kier molecular flexibility index (Phi) is 5.71. The Morgan fingerprint density at radius 2 is 1.85 bits per heavy atom. The third-order valence-electron chi connectivity index (χ3n) is 2.25. The molecule has 0 aromatic rings. The summed E-state index contributed by atoms with van der Waals surface area (Å²) in [5, 5.41) is 0. The SMILES string of the molecule is CCN(CCC(=O)N(C)C)C(C)C. The van der Waals surface area contributed by atoms with Crippen molar-refractivity contribution >= 4 is 5.91 Å². The summed E-state index contributed by atoms with van der Waals surface area (Å²) in [5.41, 5.74) is 0. The molecule has 3 nitrogen and oxygen atoms in total. The van der Waals surface area contributed by atoms with Gasteiger partial charge in [0.2, 0.25) is 5.91 Å². The smallest absolute Gasteiger partial charge is 0.223 e. The van der Waals surface area contributed by atoms with Crippen LogP contribution in [0.3, 0.4) is 0 Å². The minimum absolute atomic E-state index is 0.208. The summed E-state index contributed by atoms with van der Waals surface area (Å²) in [6.07, 6.45) is 0.624. The summed E-state index contributed by atoms with van der Waals surface area (Å²) in [6.45, 7) is 8.32. The topological polar surface area (TPSA) is 23.6 Å². The molecule has 0 aliphatic heterocycles. The number of nitrogens with zero attached hydrogens (tertiary/aromatic N) is 2. The van der Waals surface area contributed by atoms with Crippen molar-refractivity contribution in [3.8, 4) is 0 Å². The second-order valence-corrected chi connectivity index (χ2v) is 3.76. The fraction of sp³-hybridized carbons (Fsp3) is 0.900. The Bertz CT molecular complexity index is 155. The molecule has 0 N–H and O–H groups in total. The first-order valence-electron chi connectivity index (χ1n) is 4.93. The number of carbonyl (C=O) groups excluding carboxylic acids is 1. The van der Waals surface area contributed by atoms with E-state index in [-0.39, 0.29) is 5.91 Å². The van der Waals surface area contributed by atoms with Crippen LogP contribution in [0.4, 0.5) is 0 Å². The summed E-state index contributed by atoms with van der Waals surface area (Å²) >= 11 is 0. The van der Waals surface area contributed by atoms with Crippen molar-refractivity contribution in [3.63, 3.8) is 0 Å². The maximum atomic E-state index is 11.3. The van der Waals surface area contributed by atoms with E-state index in [9.17, 15) is 4.79 Å². The Morgan fingerprint density at radius 3 is 2.15 bits per heavy atom. The van der Waals surface area contributed by atoms with Gasteiger partial charge in [0.1, 0.15) is 0 Å². The molecular formula is C10H22N2O. The van der Waals surface area contributed by atoms with Gasteiger partial charge in [0, 0.05) is 33.1 Å². The van der Waals surface area contributed by atoms with Crippen molar-refractivity contribution < 1.29 is 4.79 Å². The lowest BCUT2D eigenvalue weighted by molar-refractivity contribution is -0.129. The molecule has 0 aromatic carbocycles. The fourth-order valence-electron chi connectivity index (χ4n) is 1.24. The van der Waals surface area contributed by atoms with E-state index in [4.69, 9.17) is 0 Å². The number of hydrogen-bond donors (Lipinski definition) is 0. The molecule has 0 unspecified atom stereocenters. The number of carbonyl (C=O) groups is 1. The normalized spacial score (nSPS) is 11.0. The van der Waals surface area contributed by atoms with Gasteiger partial charge in [-0.3, -0.25) is 4.79 Å². The molecule has 0 saturated carbocycles. The summed E-state index contributed by atoms with van der Waals surface area (Å²) in [4.78, 5) is 15.2. The molecule has 0 aliphatic rings. The molecule has 78 valence electrons. The Morgan fingerprint density at radius 1 is 1.31 bits per heavy atom. The molecule has 0 heterocycles. The lowest BCUT2D eigenvalue weighted by Gasteiger charge is -2.24. The molecule has 0 spiro atoms. The highest BCUT2D eigenvalue weighted by atomic mass is 16.2. The molecule has 13 heavy (non-hydrogen) atoms. The largest absolute Gasteiger partial charge is 0.349 e. The standard InChI is InChI=1S/C10H22N2O/c1-6-12(9(2)3)8-7-10(13)11(4)5/h9H,6-8H2,1-5H3. The van der Waals surface area contributed by atoms with Gasteiger partial charge in [0.05, 0.1) is 0 Å². The van der Waals surface area contributed by atoms with Gasteiger partial charge in [-0.15, -0.1) is 0 Å². The van der Waals surface area contributed by atoms with Crippen molar-refractivity contribution in [2.75, 3.05) is 27.2 Å². The fourth-order valence-corrected chi connectivity index (χ4v) is 1.24. The third-order valence-corrected chi connectivity index (χ3v) is 2.25. The van der Waals surface area contributed by atoms with E-state index in [0.717, 1.165) is 13.1 Å². The maximum absolute atomic E-state index is 11.3. The predicted octanol–water partition coefficient (Wildman–Crippen LogP) is 1.19. The van der Waals surface area contributed by atoms with Crippen LogP contribution in [-0.4, -0.2) is 48.9 Å². The molecule has 3 heteroatoms. The van der Waals surface area contributed by atoms with Crippen LogP contribution in [-0.2, 0) is 4.79 Å². The zero-order chi connectivity index (χ0) is 10.4. The highest BCUT2D eigenvalue weighted by molar-refractivity contribution is 5.75. The Balaban J connectivity index is 3.79. The van der Waals surface area contributed by atoms with Crippen LogP contribution in [0.25, 0.3) is 0 Å². The monoisotopic (exact) mass is 186 g/mol. The van der Waals surface area contributed by atoms with Gasteiger partial charge >= 0.3 is 0 Å². The molecule has 0 rings (SSSR count). The van der Waals surface area contributed by atoms with E-state index in [1.807, 2.05) is 0 Å². The van der Waals surface area contributed by atoms with Crippen LogP contribution in [0.5, 0.6) is 0 Å². The van der Waals surface area contributed by atoms with Gasteiger partial charge in [0.15, 0.2) is 0 Å². The minimum Gasteiger partial charge on any atom is -0.349 e. The Hall–Kier alpha value is -0.570. The average molecular weight is 186 g/mol. The first kappa shape index (κ1) is 12.4. The van der Waals surface area contributed by atoms with E-state index in [1.54, 1.807) is 19.0 Å². The van der Waals surface area contributed by atoms with Crippen molar-refractivity contribution in [1.29, 1.82) is 0 Å². The molecule has 0 bridgehead atoms. The zero-order valence-electron chi connectivity index (χ0n) is 9.50. The second-order valence-electron chi connectivity index (χ2n) is 3.76. The molecule has 0 aromatic heterocycles. The minimum atomic E-state index is 0.208. The van der Waals surface area contributed by atoms with Gasteiger partial charge < -0.3 is 9.80 Å². The van der Waals surface area contributed by atoms with Crippen LogP contribution < -0.4 is 0 Å². The lowest BCUT2D eigenvalue weighted by atomic mass is 10.2. The molecule has 0 aliphatic carbocycles. The zero-order valence-corrected chi connectivity index (χ0v) is 9.50. The van der Waals surface area contributed by atoms with Crippen molar-refractivity contribution in [2.45, 2.75) is 33.2 Å². The Labute approximate surface area is 81.7 Å². The first-order chi connectivity index (χ1) is 5.99. The summed E-state index contributed by atoms with van der Waals surface area (Å²) < 4.78 is 0. The van der Waals surface area contributed by atoms with Crippen LogP contribution in [0.1, 0.15) is 27.2 Å². The predicted molar refractivity (Wildman–Crippen MR) is 55.7 cm³/mol. The highest BCUT2D eigenvalue weighted by Gasteiger charge is 2.10. The maximum Gasteiger partial charge on any atom is 0.223 e.